The zero-order valence-electron chi connectivity index (χ0n) is 15.8. The molecular weight excluding hydrogens is 386 g/mol. The maximum atomic E-state index is 8.76. The van der Waals surface area contributed by atoms with Gasteiger partial charge in [-0.1, -0.05) is 36.4 Å². The number of piperazine rings is 1. The van der Waals surface area contributed by atoms with E-state index in [1.165, 1.54) is 21.3 Å². The highest BCUT2D eigenvalue weighted by Crippen LogP contribution is 2.34. The molecule has 2 heterocycles. The summed E-state index contributed by atoms with van der Waals surface area (Å²) in [5, 5.41) is 10.1. The summed E-state index contributed by atoms with van der Waals surface area (Å²) in [7, 11) is 0. The van der Waals surface area contributed by atoms with E-state index in [4.69, 9.17) is 5.26 Å². The molecule has 0 bridgehead atoms. The Morgan fingerprint density at radius 2 is 1.79 bits per heavy atom. The van der Waals surface area contributed by atoms with E-state index in [1.54, 1.807) is 17.4 Å². The van der Waals surface area contributed by atoms with Crippen molar-refractivity contribution >= 4 is 45.6 Å². The monoisotopic (exact) mass is 409 g/mol. The zero-order chi connectivity index (χ0) is 18.5. The van der Waals surface area contributed by atoms with Crippen LogP contribution in [0.25, 0.3) is 16.2 Å². The van der Waals surface area contributed by atoms with Gasteiger partial charge in [-0.25, -0.2) is 0 Å². The van der Waals surface area contributed by atoms with Gasteiger partial charge in [0.05, 0.1) is 6.07 Å². The SMILES string of the molecule is Cl.N#C/C=C/c1cc2c(N3CCN(CCc4ccccc4)CC3)cccc2s1. The first-order valence-corrected chi connectivity index (χ1v) is 10.2. The Kier molecular flexibility index (Phi) is 7.11. The van der Waals surface area contributed by atoms with Crippen molar-refractivity contribution in [3.05, 3.63) is 71.1 Å². The van der Waals surface area contributed by atoms with Gasteiger partial charge in [0.1, 0.15) is 0 Å². The third-order valence-corrected chi connectivity index (χ3v) is 6.22. The quantitative estimate of drug-likeness (QED) is 0.541. The number of thiophene rings is 1. The van der Waals surface area contributed by atoms with E-state index in [1.807, 2.05) is 6.08 Å². The third kappa shape index (κ3) is 4.74. The smallest absolute Gasteiger partial charge is 0.0912 e. The van der Waals surface area contributed by atoms with Crippen molar-refractivity contribution in [3.63, 3.8) is 0 Å². The van der Waals surface area contributed by atoms with Crippen molar-refractivity contribution in [1.29, 1.82) is 5.26 Å². The number of hydrogen-bond donors (Lipinski definition) is 0. The molecule has 0 saturated carbocycles. The van der Waals surface area contributed by atoms with Crippen molar-refractivity contribution in [2.24, 2.45) is 0 Å². The van der Waals surface area contributed by atoms with Gasteiger partial charge in [0.15, 0.2) is 0 Å². The van der Waals surface area contributed by atoms with Gasteiger partial charge in [-0.15, -0.1) is 23.7 Å². The lowest BCUT2D eigenvalue weighted by Crippen LogP contribution is -2.47. The van der Waals surface area contributed by atoms with Crippen LogP contribution in [0.2, 0.25) is 0 Å². The number of anilines is 1. The molecule has 0 aliphatic carbocycles. The van der Waals surface area contributed by atoms with Crippen LogP contribution in [0.3, 0.4) is 0 Å². The van der Waals surface area contributed by atoms with Crippen LogP contribution in [0.5, 0.6) is 0 Å². The van der Waals surface area contributed by atoms with Gasteiger partial charge < -0.3 is 4.90 Å². The van der Waals surface area contributed by atoms with Crippen LogP contribution in [0, 0.1) is 11.3 Å². The molecule has 28 heavy (non-hydrogen) atoms. The molecule has 0 N–H and O–H groups in total. The van der Waals surface area contributed by atoms with Crippen molar-refractivity contribution in [2.45, 2.75) is 6.42 Å². The number of allylic oxidation sites excluding steroid dienone is 1. The van der Waals surface area contributed by atoms with Gasteiger partial charge in [0, 0.05) is 59.5 Å². The normalized spacial score (nSPS) is 14.9. The summed E-state index contributed by atoms with van der Waals surface area (Å²) in [5.41, 5.74) is 2.74. The lowest BCUT2D eigenvalue weighted by molar-refractivity contribution is 0.261. The van der Waals surface area contributed by atoms with E-state index < -0.39 is 0 Å². The molecule has 0 atom stereocenters. The van der Waals surface area contributed by atoms with E-state index >= 15 is 0 Å². The van der Waals surface area contributed by atoms with Crippen LogP contribution >= 0.6 is 23.7 Å². The Hall–Kier alpha value is -2.32. The molecule has 1 aliphatic rings. The van der Waals surface area contributed by atoms with E-state index in [-0.39, 0.29) is 12.4 Å². The third-order valence-electron chi connectivity index (χ3n) is 5.15. The van der Waals surface area contributed by atoms with Gasteiger partial charge in [-0.3, -0.25) is 4.90 Å². The molecule has 4 rings (SSSR count). The highest BCUT2D eigenvalue weighted by Gasteiger charge is 2.19. The van der Waals surface area contributed by atoms with Gasteiger partial charge in [0.25, 0.3) is 0 Å². The Balaban J connectivity index is 0.00000225. The second kappa shape index (κ2) is 9.75. The topological polar surface area (TPSA) is 30.3 Å². The number of benzene rings is 2. The molecular formula is C23H24ClN3S. The van der Waals surface area contributed by atoms with Crippen molar-refractivity contribution in [3.8, 4) is 6.07 Å². The van der Waals surface area contributed by atoms with Gasteiger partial charge >= 0.3 is 0 Å². The standard InChI is InChI=1S/C23H23N3S.ClH/c24-12-5-8-20-18-21-22(9-4-10-23(21)27-20)26-16-14-25(15-17-26)13-11-19-6-2-1-3-7-19;/h1-10,18H,11,13-17H2;1H/b8-5+;. The summed E-state index contributed by atoms with van der Waals surface area (Å²) in [6.07, 6.45) is 4.57. The number of hydrogen-bond acceptors (Lipinski definition) is 4. The maximum absolute atomic E-state index is 8.76. The molecule has 1 aromatic heterocycles. The Bertz CT molecular complexity index is 966. The minimum atomic E-state index is 0. The average Bonchev–Trinajstić information content (AvgIpc) is 3.15. The van der Waals surface area contributed by atoms with Crippen molar-refractivity contribution in [1.82, 2.24) is 4.90 Å². The Morgan fingerprint density at radius 1 is 1.00 bits per heavy atom. The van der Waals surface area contributed by atoms with Crippen LogP contribution in [-0.4, -0.2) is 37.6 Å². The second-order valence-electron chi connectivity index (χ2n) is 6.86. The molecule has 3 nitrogen and oxygen atoms in total. The first kappa shape index (κ1) is 20.4. The predicted octanol–water partition coefficient (Wildman–Crippen LogP) is 5.22. The summed E-state index contributed by atoms with van der Waals surface area (Å²) in [4.78, 5) is 6.21. The highest BCUT2D eigenvalue weighted by atomic mass is 35.5. The largest absolute Gasteiger partial charge is 0.368 e. The molecule has 1 saturated heterocycles. The fraction of sp³-hybridized carbons (Fsp3) is 0.261. The Morgan fingerprint density at radius 3 is 2.54 bits per heavy atom. The minimum absolute atomic E-state index is 0. The van der Waals surface area contributed by atoms with Crippen molar-refractivity contribution < 1.29 is 0 Å². The van der Waals surface area contributed by atoms with E-state index in [2.05, 4.69) is 70.5 Å². The van der Waals surface area contributed by atoms with Crippen LogP contribution in [0.1, 0.15) is 10.4 Å². The van der Waals surface area contributed by atoms with Crippen LogP contribution < -0.4 is 4.90 Å². The molecule has 1 aliphatic heterocycles. The molecule has 0 amide bonds. The summed E-state index contributed by atoms with van der Waals surface area (Å²) in [5.74, 6) is 0. The summed E-state index contributed by atoms with van der Waals surface area (Å²) >= 11 is 1.75. The number of nitrogens with zero attached hydrogens (tertiary/aromatic N) is 3. The second-order valence-corrected chi connectivity index (χ2v) is 7.98. The van der Waals surface area contributed by atoms with Crippen LogP contribution in [0.4, 0.5) is 5.69 Å². The Labute approximate surface area is 176 Å². The fourth-order valence-electron chi connectivity index (χ4n) is 3.69. The van der Waals surface area contributed by atoms with Gasteiger partial charge in [-0.2, -0.15) is 5.26 Å². The lowest BCUT2D eigenvalue weighted by Gasteiger charge is -2.36. The molecule has 3 aromatic rings. The molecule has 1 fully saturated rings. The van der Waals surface area contributed by atoms with E-state index in [0.717, 1.165) is 44.0 Å². The molecule has 2 aromatic carbocycles. The summed E-state index contributed by atoms with van der Waals surface area (Å²) in [6, 6.07) is 21.6. The van der Waals surface area contributed by atoms with Crippen LogP contribution in [0.15, 0.2) is 60.7 Å². The zero-order valence-corrected chi connectivity index (χ0v) is 17.4. The highest BCUT2D eigenvalue weighted by molar-refractivity contribution is 7.19. The first-order valence-electron chi connectivity index (χ1n) is 9.43. The molecule has 0 radical (unpaired) electrons. The van der Waals surface area contributed by atoms with Crippen LogP contribution in [-0.2, 0) is 6.42 Å². The average molecular weight is 410 g/mol. The van der Waals surface area contributed by atoms with E-state index in [0.29, 0.717) is 0 Å². The number of nitriles is 1. The van der Waals surface area contributed by atoms with Gasteiger partial charge in [0.2, 0.25) is 0 Å². The number of fused-ring (bicyclic) bond motifs is 1. The maximum Gasteiger partial charge on any atom is 0.0912 e. The molecule has 0 spiro atoms. The number of rotatable bonds is 5. The fourth-order valence-corrected chi connectivity index (χ4v) is 4.67. The first-order chi connectivity index (χ1) is 13.3. The molecule has 144 valence electrons. The minimum Gasteiger partial charge on any atom is -0.368 e. The summed E-state index contributed by atoms with van der Waals surface area (Å²) < 4.78 is 1.29. The molecule has 0 unspecified atom stereocenters. The summed E-state index contributed by atoms with van der Waals surface area (Å²) in [6.45, 7) is 5.47. The van der Waals surface area contributed by atoms with E-state index in [9.17, 15) is 0 Å². The number of halogens is 1. The van der Waals surface area contributed by atoms with Gasteiger partial charge in [-0.05, 0) is 36.3 Å². The van der Waals surface area contributed by atoms with Crippen molar-refractivity contribution in [2.75, 3.05) is 37.6 Å². The lowest BCUT2D eigenvalue weighted by atomic mass is 10.1. The molecule has 5 heteroatoms. The predicted molar refractivity (Wildman–Crippen MR) is 123 cm³/mol.